The maximum atomic E-state index is 13.3. The molecule has 0 atom stereocenters. The van der Waals surface area contributed by atoms with E-state index in [9.17, 15) is 9.18 Å². The number of carbonyl (C=O) groups excluding carboxylic acids is 1. The summed E-state index contributed by atoms with van der Waals surface area (Å²) < 4.78 is 14.5. The van der Waals surface area contributed by atoms with Crippen LogP contribution in [0.15, 0.2) is 51.4 Å². The summed E-state index contributed by atoms with van der Waals surface area (Å²) in [6.45, 7) is 0. The zero-order valence-corrected chi connectivity index (χ0v) is 12.3. The van der Waals surface area contributed by atoms with Crippen molar-refractivity contribution in [2.75, 3.05) is 5.32 Å². The number of hydrogen-bond acceptors (Lipinski definition) is 1. The van der Waals surface area contributed by atoms with Gasteiger partial charge in [0.05, 0.1) is 4.47 Å². The Labute approximate surface area is 120 Å². The lowest BCUT2D eigenvalue weighted by Gasteiger charge is -2.06. The first-order valence-electron chi connectivity index (χ1n) is 5.08. The van der Waals surface area contributed by atoms with Crippen LogP contribution in [0.2, 0.25) is 0 Å². The number of halogens is 3. The predicted molar refractivity (Wildman–Crippen MR) is 76.2 cm³/mol. The third kappa shape index (κ3) is 3.17. The van der Waals surface area contributed by atoms with E-state index < -0.39 is 5.82 Å². The van der Waals surface area contributed by atoms with Crippen molar-refractivity contribution in [1.29, 1.82) is 0 Å². The topological polar surface area (TPSA) is 29.1 Å². The lowest BCUT2D eigenvalue weighted by Crippen LogP contribution is -2.12. The number of nitrogens with one attached hydrogen (secondary N) is 1. The Morgan fingerprint density at radius 3 is 2.56 bits per heavy atom. The molecule has 0 heterocycles. The zero-order valence-electron chi connectivity index (χ0n) is 9.08. The molecule has 2 aromatic rings. The quantitative estimate of drug-likeness (QED) is 0.819. The van der Waals surface area contributed by atoms with E-state index in [0.717, 1.165) is 4.47 Å². The Morgan fingerprint density at radius 1 is 1.11 bits per heavy atom. The first-order valence-corrected chi connectivity index (χ1v) is 6.67. The molecular formula is C13H8Br2FNO. The summed E-state index contributed by atoms with van der Waals surface area (Å²) in [6.07, 6.45) is 0. The molecule has 2 aromatic carbocycles. The van der Waals surface area contributed by atoms with Gasteiger partial charge < -0.3 is 5.32 Å². The van der Waals surface area contributed by atoms with Gasteiger partial charge in [-0.3, -0.25) is 4.79 Å². The second kappa shape index (κ2) is 5.63. The van der Waals surface area contributed by atoms with Gasteiger partial charge in [-0.25, -0.2) is 4.39 Å². The number of anilines is 1. The highest BCUT2D eigenvalue weighted by molar-refractivity contribution is 9.10. The Morgan fingerprint density at radius 2 is 1.89 bits per heavy atom. The maximum absolute atomic E-state index is 13.3. The molecule has 1 N–H and O–H groups in total. The van der Waals surface area contributed by atoms with Crippen molar-refractivity contribution < 1.29 is 9.18 Å². The number of benzene rings is 2. The van der Waals surface area contributed by atoms with Crippen LogP contribution in [0.5, 0.6) is 0 Å². The van der Waals surface area contributed by atoms with Crippen LogP contribution in [-0.2, 0) is 0 Å². The normalized spacial score (nSPS) is 10.2. The van der Waals surface area contributed by atoms with Gasteiger partial charge in [-0.15, -0.1) is 0 Å². The van der Waals surface area contributed by atoms with E-state index in [1.165, 1.54) is 12.1 Å². The molecule has 0 unspecified atom stereocenters. The second-order valence-corrected chi connectivity index (χ2v) is 5.36. The molecule has 0 saturated heterocycles. The summed E-state index contributed by atoms with van der Waals surface area (Å²) in [6, 6.07) is 11.4. The molecule has 5 heteroatoms. The molecule has 0 bridgehead atoms. The van der Waals surface area contributed by atoms with Gasteiger partial charge in [0.15, 0.2) is 0 Å². The van der Waals surface area contributed by atoms with Crippen LogP contribution in [0.4, 0.5) is 10.1 Å². The molecule has 18 heavy (non-hydrogen) atoms. The fourth-order valence-electron chi connectivity index (χ4n) is 1.41. The number of hydrogen-bond donors (Lipinski definition) is 1. The van der Waals surface area contributed by atoms with Crippen LogP contribution in [0.25, 0.3) is 0 Å². The summed E-state index contributed by atoms with van der Waals surface area (Å²) in [5.41, 5.74) is 0.924. The second-order valence-electron chi connectivity index (χ2n) is 3.59. The van der Waals surface area contributed by atoms with Gasteiger partial charge in [0.25, 0.3) is 5.91 Å². The number of amides is 1. The van der Waals surface area contributed by atoms with Gasteiger partial charge in [-0.2, -0.15) is 0 Å². The molecule has 0 radical (unpaired) electrons. The average molecular weight is 373 g/mol. The van der Waals surface area contributed by atoms with Gasteiger partial charge in [-0.1, -0.05) is 22.0 Å². The lowest BCUT2D eigenvalue weighted by atomic mass is 10.2. The summed E-state index contributed by atoms with van der Waals surface area (Å²) in [7, 11) is 0. The Bertz CT molecular complexity index is 601. The molecule has 0 spiro atoms. The predicted octanol–water partition coefficient (Wildman–Crippen LogP) is 4.60. The van der Waals surface area contributed by atoms with Gasteiger partial charge in [-0.05, 0) is 52.3 Å². The Balaban J connectivity index is 2.19. The van der Waals surface area contributed by atoms with Crippen molar-refractivity contribution in [3.05, 3.63) is 62.8 Å². The van der Waals surface area contributed by atoms with E-state index >= 15 is 0 Å². The molecule has 2 rings (SSSR count). The van der Waals surface area contributed by atoms with E-state index in [0.29, 0.717) is 10.2 Å². The fraction of sp³-hybridized carbons (Fsp3) is 0. The molecule has 0 aliphatic carbocycles. The minimum absolute atomic E-state index is 0.274. The smallest absolute Gasteiger partial charge is 0.255 e. The minimum Gasteiger partial charge on any atom is -0.322 e. The molecule has 92 valence electrons. The highest BCUT2D eigenvalue weighted by atomic mass is 79.9. The minimum atomic E-state index is -0.461. The molecule has 1 amide bonds. The van der Waals surface area contributed by atoms with E-state index in [1.54, 1.807) is 18.2 Å². The van der Waals surface area contributed by atoms with Gasteiger partial charge in [0.2, 0.25) is 0 Å². The molecular weight excluding hydrogens is 365 g/mol. The Kier molecular flexibility index (Phi) is 4.14. The van der Waals surface area contributed by atoms with E-state index in [4.69, 9.17) is 0 Å². The SMILES string of the molecule is O=C(Nc1cccc(Br)c1)c1ccc(Br)c(F)c1. The van der Waals surface area contributed by atoms with Crippen LogP contribution in [-0.4, -0.2) is 5.91 Å². The molecule has 0 saturated carbocycles. The summed E-state index contributed by atoms with van der Waals surface area (Å²) >= 11 is 6.35. The summed E-state index contributed by atoms with van der Waals surface area (Å²) in [4.78, 5) is 11.9. The third-order valence-corrected chi connectivity index (χ3v) is 3.40. The van der Waals surface area contributed by atoms with Crippen LogP contribution in [0, 0.1) is 5.82 Å². The van der Waals surface area contributed by atoms with Crippen molar-refractivity contribution in [3.63, 3.8) is 0 Å². The van der Waals surface area contributed by atoms with E-state index in [-0.39, 0.29) is 11.5 Å². The highest BCUT2D eigenvalue weighted by Gasteiger charge is 2.09. The summed E-state index contributed by atoms with van der Waals surface area (Å²) in [5, 5.41) is 2.69. The zero-order chi connectivity index (χ0) is 13.1. The monoisotopic (exact) mass is 371 g/mol. The van der Waals surface area contributed by atoms with Crippen molar-refractivity contribution in [1.82, 2.24) is 0 Å². The van der Waals surface area contributed by atoms with E-state index in [2.05, 4.69) is 37.2 Å². The maximum Gasteiger partial charge on any atom is 0.255 e. The van der Waals surface area contributed by atoms with E-state index in [1.807, 2.05) is 12.1 Å². The van der Waals surface area contributed by atoms with Crippen LogP contribution >= 0.6 is 31.9 Å². The first-order chi connectivity index (χ1) is 8.56. The standard InChI is InChI=1S/C13H8Br2FNO/c14-9-2-1-3-10(7-9)17-13(18)8-4-5-11(15)12(16)6-8/h1-7H,(H,17,18). The lowest BCUT2D eigenvalue weighted by molar-refractivity contribution is 0.102. The van der Waals surface area contributed by atoms with Crippen molar-refractivity contribution in [3.8, 4) is 0 Å². The highest BCUT2D eigenvalue weighted by Crippen LogP contribution is 2.19. The van der Waals surface area contributed by atoms with Crippen molar-refractivity contribution in [2.45, 2.75) is 0 Å². The summed E-state index contributed by atoms with van der Waals surface area (Å²) in [5.74, 6) is -0.809. The molecule has 0 aromatic heterocycles. The van der Waals surface area contributed by atoms with Gasteiger partial charge in [0, 0.05) is 15.7 Å². The van der Waals surface area contributed by atoms with Gasteiger partial charge in [0.1, 0.15) is 5.82 Å². The molecule has 2 nitrogen and oxygen atoms in total. The van der Waals surface area contributed by atoms with Gasteiger partial charge >= 0.3 is 0 Å². The fourth-order valence-corrected chi connectivity index (χ4v) is 2.05. The number of carbonyl (C=O) groups is 1. The number of rotatable bonds is 2. The molecule has 0 fully saturated rings. The average Bonchev–Trinajstić information content (AvgIpc) is 2.32. The molecule has 0 aliphatic rings. The van der Waals surface area contributed by atoms with Crippen molar-refractivity contribution in [2.24, 2.45) is 0 Å². The first kappa shape index (κ1) is 13.2. The molecule has 0 aliphatic heterocycles. The Hall–Kier alpha value is -1.20. The largest absolute Gasteiger partial charge is 0.322 e. The van der Waals surface area contributed by atoms with Crippen LogP contribution in [0.3, 0.4) is 0 Å². The van der Waals surface area contributed by atoms with Crippen LogP contribution in [0.1, 0.15) is 10.4 Å². The van der Waals surface area contributed by atoms with Crippen molar-refractivity contribution >= 4 is 43.5 Å². The third-order valence-electron chi connectivity index (χ3n) is 2.26. The van der Waals surface area contributed by atoms with Crippen LogP contribution < -0.4 is 5.32 Å².